The molecule has 2 aromatic heterocycles. The van der Waals surface area contributed by atoms with E-state index >= 15 is 0 Å². The van der Waals surface area contributed by atoms with Crippen LogP contribution in [0.15, 0.2) is 91.1 Å². The number of rotatable bonds is 2. The quantitative estimate of drug-likeness (QED) is 0.354. The van der Waals surface area contributed by atoms with E-state index in [0.717, 1.165) is 43.8 Å². The van der Waals surface area contributed by atoms with Crippen LogP contribution >= 0.6 is 11.6 Å². The molecular formula is C23H15ClN2. The van der Waals surface area contributed by atoms with Gasteiger partial charge in [0.2, 0.25) is 0 Å². The minimum atomic E-state index is 0.750. The first kappa shape index (κ1) is 15.2. The van der Waals surface area contributed by atoms with Gasteiger partial charge in [-0.25, -0.2) is 4.98 Å². The van der Waals surface area contributed by atoms with Crippen molar-refractivity contribution in [2.24, 2.45) is 0 Å². The molecule has 5 aromatic rings. The summed E-state index contributed by atoms with van der Waals surface area (Å²) in [6.45, 7) is 0. The second-order valence-electron chi connectivity index (χ2n) is 6.30. The molecule has 26 heavy (non-hydrogen) atoms. The Morgan fingerprint density at radius 3 is 2.46 bits per heavy atom. The van der Waals surface area contributed by atoms with Crippen LogP contribution in [-0.4, -0.2) is 9.55 Å². The Kier molecular flexibility index (Phi) is 3.51. The molecule has 0 radical (unpaired) electrons. The smallest absolute Gasteiger partial charge is 0.0730 e. The first-order chi connectivity index (χ1) is 12.8. The number of halogens is 1. The zero-order valence-corrected chi connectivity index (χ0v) is 14.7. The standard InChI is InChI=1S/C23H15ClN2/c24-18-10-11-22-17(14-18)12-13-26(22)23-15-21(16-6-2-1-3-7-16)25-20-9-5-4-8-19(20)23/h1-15H. The van der Waals surface area contributed by atoms with Gasteiger partial charge in [0, 0.05) is 27.6 Å². The molecule has 0 N–H and O–H groups in total. The second kappa shape index (κ2) is 6.01. The first-order valence-corrected chi connectivity index (χ1v) is 8.89. The third-order valence-corrected chi connectivity index (χ3v) is 4.91. The second-order valence-corrected chi connectivity index (χ2v) is 6.74. The van der Waals surface area contributed by atoms with E-state index in [1.807, 2.05) is 36.4 Å². The number of hydrogen-bond acceptors (Lipinski definition) is 1. The molecule has 0 unspecified atom stereocenters. The average Bonchev–Trinajstić information content (AvgIpc) is 3.10. The van der Waals surface area contributed by atoms with E-state index in [0.29, 0.717) is 0 Å². The maximum Gasteiger partial charge on any atom is 0.0730 e. The fourth-order valence-corrected chi connectivity index (χ4v) is 3.62. The molecule has 0 saturated heterocycles. The molecule has 124 valence electrons. The molecule has 0 aliphatic carbocycles. The summed E-state index contributed by atoms with van der Waals surface area (Å²) in [5, 5.41) is 3.00. The summed E-state index contributed by atoms with van der Waals surface area (Å²) in [5.74, 6) is 0. The highest BCUT2D eigenvalue weighted by molar-refractivity contribution is 6.31. The van der Waals surface area contributed by atoms with Gasteiger partial charge in [0.15, 0.2) is 0 Å². The van der Waals surface area contributed by atoms with Crippen molar-refractivity contribution in [3.63, 3.8) is 0 Å². The highest BCUT2D eigenvalue weighted by Crippen LogP contribution is 2.30. The van der Waals surface area contributed by atoms with Crippen LogP contribution in [0.3, 0.4) is 0 Å². The van der Waals surface area contributed by atoms with Gasteiger partial charge < -0.3 is 4.57 Å². The summed E-state index contributed by atoms with van der Waals surface area (Å²) >= 11 is 6.16. The maximum absolute atomic E-state index is 6.16. The number of fused-ring (bicyclic) bond motifs is 2. The van der Waals surface area contributed by atoms with Crippen molar-refractivity contribution in [2.75, 3.05) is 0 Å². The van der Waals surface area contributed by atoms with Crippen LogP contribution in [0.2, 0.25) is 5.02 Å². The Morgan fingerprint density at radius 2 is 1.58 bits per heavy atom. The van der Waals surface area contributed by atoms with Crippen molar-refractivity contribution >= 4 is 33.4 Å². The van der Waals surface area contributed by atoms with Gasteiger partial charge >= 0.3 is 0 Å². The summed E-state index contributed by atoms with van der Waals surface area (Å²) in [4.78, 5) is 4.88. The molecule has 0 spiro atoms. The Hall–Kier alpha value is -3.10. The number of pyridine rings is 1. The van der Waals surface area contributed by atoms with E-state index in [4.69, 9.17) is 16.6 Å². The minimum absolute atomic E-state index is 0.750. The molecule has 2 nitrogen and oxygen atoms in total. The highest BCUT2D eigenvalue weighted by Gasteiger charge is 2.11. The molecule has 0 saturated carbocycles. The van der Waals surface area contributed by atoms with Crippen molar-refractivity contribution < 1.29 is 0 Å². The van der Waals surface area contributed by atoms with Crippen LogP contribution in [0, 0.1) is 0 Å². The van der Waals surface area contributed by atoms with Crippen LogP contribution in [0.25, 0.3) is 38.8 Å². The molecule has 3 aromatic carbocycles. The number of aromatic nitrogens is 2. The van der Waals surface area contributed by atoms with Crippen molar-refractivity contribution in [1.29, 1.82) is 0 Å². The molecular weight excluding hydrogens is 340 g/mol. The fourth-order valence-electron chi connectivity index (χ4n) is 3.44. The third-order valence-electron chi connectivity index (χ3n) is 4.68. The molecule has 5 rings (SSSR count). The largest absolute Gasteiger partial charge is 0.316 e. The lowest BCUT2D eigenvalue weighted by Gasteiger charge is -2.12. The summed E-state index contributed by atoms with van der Waals surface area (Å²) < 4.78 is 2.21. The topological polar surface area (TPSA) is 17.8 Å². The number of nitrogens with zero attached hydrogens (tertiary/aromatic N) is 2. The minimum Gasteiger partial charge on any atom is -0.316 e. The Bertz CT molecular complexity index is 1240. The van der Waals surface area contributed by atoms with E-state index in [1.165, 1.54) is 0 Å². The lowest BCUT2D eigenvalue weighted by atomic mass is 10.1. The number of hydrogen-bond donors (Lipinski definition) is 0. The number of benzene rings is 3. The average molecular weight is 355 g/mol. The zero-order chi connectivity index (χ0) is 17.5. The number of para-hydroxylation sites is 1. The Labute approximate surface area is 156 Å². The van der Waals surface area contributed by atoms with Gasteiger partial charge in [-0.05, 0) is 36.4 Å². The molecule has 0 fully saturated rings. The van der Waals surface area contributed by atoms with Gasteiger partial charge in [-0.3, -0.25) is 0 Å². The van der Waals surface area contributed by atoms with Gasteiger partial charge in [0.1, 0.15) is 0 Å². The molecule has 0 aliphatic heterocycles. The predicted octanol–water partition coefficient (Wildman–Crippen LogP) is 6.50. The van der Waals surface area contributed by atoms with E-state index < -0.39 is 0 Å². The van der Waals surface area contributed by atoms with Crippen molar-refractivity contribution in [3.05, 3.63) is 96.1 Å². The third kappa shape index (κ3) is 2.47. The summed E-state index contributed by atoms with van der Waals surface area (Å²) in [6, 6.07) is 28.8. The van der Waals surface area contributed by atoms with Crippen molar-refractivity contribution in [1.82, 2.24) is 9.55 Å². The molecule has 0 bridgehead atoms. The van der Waals surface area contributed by atoms with Gasteiger partial charge in [-0.2, -0.15) is 0 Å². The van der Waals surface area contributed by atoms with E-state index in [9.17, 15) is 0 Å². The SMILES string of the molecule is Clc1ccc2c(ccn2-c2cc(-c3ccccc3)nc3ccccc23)c1. The van der Waals surface area contributed by atoms with Gasteiger partial charge in [-0.1, -0.05) is 60.1 Å². The molecule has 0 amide bonds. The molecule has 2 heterocycles. The zero-order valence-electron chi connectivity index (χ0n) is 13.9. The lowest BCUT2D eigenvalue weighted by Crippen LogP contribution is -1.97. The van der Waals surface area contributed by atoms with Crippen molar-refractivity contribution in [2.45, 2.75) is 0 Å². The molecule has 3 heteroatoms. The van der Waals surface area contributed by atoms with Crippen LogP contribution in [0.1, 0.15) is 0 Å². The van der Waals surface area contributed by atoms with Crippen molar-refractivity contribution in [3.8, 4) is 16.9 Å². The van der Waals surface area contributed by atoms with Crippen LogP contribution < -0.4 is 0 Å². The van der Waals surface area contributed by atoms with Gasteiger partial charge in [0.25, 0.3) is 0 Å². The lowest BCUT2D eigenvalue weighted by molar-refractivity contribution is 1.14. The maximum atomic E-state index is 6.16. The Balaban J connectivity index is 1.83. The predicted molar refractivity (Wildman–Crippen MR) is 109 cm³/mol. The molecule has 0 atom stereocenters. The van der Waals surface area contributed by atoms with E-state index in [2.05, 4.69) is 59.3 Å². The van der Waals surface area contributed by atoms with Gasteiger partial charge in [0.05, 0.1) is 22.4 Å². The molecule has 0 aliphatic rings. The van der Waals surface area contributed by atoms with Gasteiger partial charge in [-0.15, -0.1) is 0 Å². The van der Waals surface area contributed by atoms with Crippen LogP contribution in [0.5, 0.6) is 0 Å². The first-order valence-electron chi connectivity index (χ1n) is 8.52. The highest BCUT2D eigenvalue weighted by atomic mass is 35.5. The summed E-state index contributed by atoms with van der Waals surface area (Å²) in [6.07, 6.45) is 2.09. The summed E-state index contributed by atoms with van der Waals surface area (Å²) in [5.41, 5.74) is 5.31. The monoisotopic (exact) mass is 354 g/mol. The van der Waals surface area contributed by atoms with Crippen LogP contribution in [-0.2, 0) is 0 Å². The Morgan fingerprint density at radius 1 is 0.769 bits per heavy atom. The van der Waals surface area contributed by atoms with E-state index in [-0.39, 0.29) is 0 Å². The normalized spacial score (nSPS) is 11.3. The summed E-state index contributed by atoms with van der Waals surface area (Å²) in [7, 11) is 0. The fraction of sp³-hybridized carbons (Fsp3) is 0. The van der Waals surface area contributed by atoms with E-state index in [1.54, 1.807) is 0 Å². The van der Waals surface area contributed by atoms with Crippen LogP contribution in [0.4, 0.5) is 0 Å².